The molecule has 0 aliphatic carbocycles. The molecule has 2 heterocycles. The third-order valence-electron chi connectivity index (χ3n) is 3.07. The number of carbonyl (C=O) groups excluding carboxylic acids is 1. The van der Waals surface area contributed by atoms with Gasteiger partial charge in [0.05, 0.1) is 17.2 Å². The lowest BCUT2D eigenvalue weighted by atomic mass is 10.2. The summed E-state index contributed by atoms with van der Waals surface area (Å²) < 4.78 is 0. The van der Waals surface area contributed by atoms with E-state index >= 15 is 0 Å². The maximum absolute atomic E-state index is 12.2. The summed E-state index contributed by atoms with van der Waals surface area (Å²) in [6.07, 6.45) is 3.39. The van der Waals surface area contributed by atoms with Crippen LogP contribution in [0.25, 0.3) is 11.0 Å². The van der Waals surface area contributed by atoms with Crippen LogP contribution in [0.4, 0.5) is 5.82 Å². The second-order valence-corrected chi connectivity index (χ2v) is 4.73. The van der Waals surface area contributed by atoms with Crippen molar-refractivity contribution in [3.05, 3.63) is 47.9 Å². The molecule has 6 nitrogen and oxygen atoms in total. The van der Waals surface area contributed by atoms with Gasteiger partial charge in [-0.15, -0.1) is 0 Å². The topological polar surface area (TPSA) is 83.6 Å². The van der Waals surface area contributed by atoms with Gasteiger partial charge < -0.3 is 5.32 Å². The minimum absolute atomic E-state index is 0.272. The number of para-hydroxylation sites is 2. The number of nitrogens with zero attached hydrogens (tertiary/aromatic N) is 3. The quantitative estimate of drug-likeness (QED) is 0.769. The summed E-state index contributed by atoms with van der Waals surface area (Å²) in [5, 5.41) is 9.67. The van der Waals surface area contributed by atoms with Gasteiger partial charge >= 0.3 is 0 Å². The fourth-order valence-electron chi connectivity index (χ4n) is 2.07. The molecule has 6 heteroatoms. The number of anilines is 1. The Kier molecular flexibility index (Phi) is 3.59. The molecule has 0 saturated heterocycles. The maximum Gasteiger partial charge on any atom is 0.277 e. The molecule has 2 N–H and O–H groups in total. The van der Waals surface area contributed by atoms with Gasteiger partial charge in [0.25, 0.3) is 5.91 Å². The van der Waals surface area contributed by atoms with E-state index in [0.29, 0.717) is 11.3 Å². The van der Waals surface area contributed by atoms with Crippen LogP contribution in [0.3, 0.4) is 0 Å². The van der Waals surface area contributed by atoms with E-state index < -0.39 is 0 Å². The summed E-state index contributed by atoms with van der Waals surface area (Å²) >= 11 is 0. The Morgan fingerprint density at radius 2 is 2.10 bits per heavy atom. The van der Waals surface area contributed by atoms with Crippen molar-refractivity contribution in [2.75, 3.05) is 5.32 Å². The van der Waals surface area contributed by atoms with Gasteiger partial charge in [0.1, 0.15) is 5.69 Å². The first-order valence-corrected chi connectivity index (χ1v) is 6.83. The zero-order valence-corrected chi connectivity index (χ0v) is 11.6. The summed E-state index contributed by atoms with van der Waals surface area (Å²) in [4.78, 5) is 20.7. The SMILES string of the molecule is CCCc1cc(NC(=O)c2cnc3ccccc3n2)n[nH]1. The van der Waals surface area contributed by atoms with Crippen LogP contribution in [0.2, 0.25) is 0 Å². The van der Waals surface area contributed by atoms with Gasteiger partial charge in [-0.25, -0.2) is 4.98 Å². The Hall–Kier alpha value is -2.76. The van der Waals surface area contributed by atoms with Crippen LogP contribution < -0.4 is 5.32 Å². The van der Waals surface area contributed by atoms with Crippen molar-refractivity contribution >= 4 is 22.8 Å². The van der Waals surface area contributed by atoms with Crippen LogP contribution in [0.15, 0.2) is 36.5 Å². The second-order valence-electron chi connectivity index (χ2n) is 4.73. The second kappa shape index (κ2) is 5.70. The molecule has 0 bridgehead atoms. The van der Waals surface area contributed by atoms with Crippen molar-refractivity contribution in [3.8, 4) is 0 Å². The predicted octanol–water partition coefficient (Wildman–Crippen LogP) is 2.56. The number of amides is 1. The zero-order valence-electron chi connectivity index (χ0n) is 11.6. The first-order valence-electron chi connectivity index (χ1n) is 6.83. The number of aromatic nitrogens is 4. The first-order chi connectivity index (χ1) is 10.3. The van der Waals surface area contributed by atoms with Crippen molar-refractivity contribution < 1.29 is 4.79 Å². The molecule has 0 unspecified atom stereocenters. The first kappa shape index (κ1) is 13.2. The van der Waals surface area contributed by atoms with E-state index in [9.17, 15) is 4.79 Å². The van der Waals surface area contributed by atoms with Crippen LogP contribution in [0.5, 0.6) is 0 Å². The number of hydrogen-bond acceptors (Lipinski definition) is 4. The molecule has 1 amide bonds. The number of carbonyl (C=O) groups is 1. The Bertz CT molecular complexity index is 780. The summed E-state index contributed by atoms with van der Waals surface area (Å²) in [7, 11) is 0. The highest BCUT2D eigenvalue weighted by Crippen LogP contribution is 2.11. The lowest BCUT2D eigenvalue weighted by Gasteiger charge is -2.02. The van der Waals surface area contributed by atoms with E-state index in [1.54, 1.807) is 0 Å². The standard InChI is InChI=1S/C15H15N5O/c1-2-5-10-8-14(20-19-10)18-15(21)13-9-16-11-6-3-4-7-12(11)17-13/h3-4,6-9H,2,5H2,1H3,(H2,18,19,20,21). The minimum atomic E-state index is -0.317. The number of fused-ring (bicyclic) bond motifs is 1. The minimum Gasteiger partial charge on any atom is -0.304 e. The van der Waals surface area contributed by atoms with Gasteiger partial charge in [-0.1, -0.05) is 25.5 Å². The molecule has 3 aromatic rings. The number of hydrogen-bond donors (Lipinski definition) is 2. The molecule has 0 aliphatic heterocycles. The average Bonchev–Trinajstić information content (AvgIpc) is 2.94. The Morgan fingerprint density at radius 3 is 2.90 bits per heavy atom. The van der Waals surface area contributed by atoms with E-state index in [1.807, 2.05) is 30.3 Å². The summed E-state index contributed by atoms with van der Waals surface area (Å²) in [5.41, 5.74) is 2.73. The molecule has 1 aromatic carbocycles. The van der Waals surface area contributed by atoms with Crippen molar-refractivity contribution in [3.63, 3.8) is 0 Å². The molecule has 0 saturated carbocycles. The number of H-pyrrole nitrogens is 1. The molecule has 0 atom stereocenters. The molecule has 0 radical (unpaired) electrons. The van der Waals surface area contributed by atoms with E-state index in [0.717, 1.165) is 24.1 Å². The number of rotatable bonds is 4. The molecule has 2 aromatic heterocycles. The third-order valence-corrected chi connectivity index (χ3v) is 3.07. The summed E-state index contributed by atoms with van der Waals surface area (Å²) in [6, 6.07) is 9.26. The fourth-order valence-corrected chi connectivity index (χ4v) is 2.07. The van der Waals surface area contributed by atoms with Crippen molar-refractivity contribution in [1.29, 1.82) is 0 Å². The highest BCUT2D eigenvalue weighted by atomic mass is 16.2. The number of aromatic amines is 1. The van der Waals surface area contributed by atoms with Crippen LogP contribution in [0.1, 0.15) is 29.5 Å². The van der Waals surface area contributed by atoms with Crippen molar-refractivity contribution in [2.24, 2.45) is 0 Å². The highest BCUT2D eigenvalue weighted by Gasteiger charge is 2.11. The maximum atomic E-state index is 12.2. The molecular weight excluding hydrogens is 266 g/mol. The largest absolute Gasteiger partial charge is 0.304 e. The van der Waals surface area contributed by atoms with Crippen LogP contribution in [0, 0.1) is 0 Å². The van der Waals surface area contributed by atoms with Crippen LogP contribution in [-0.4, -0.2) is 26.1 Å². The smallest absolute Gasteiger partial charge is 0.277 e. The van der Waals surface area contributed by atoms with E-state index in [2.05, 4.69) is 32.4 Å². The van der Waals surface area contributed by atoms with Gasteiger partial charge in [0.2, 0.25) is 0 Å². The molecule has 0 spiro atoms. The zero-order chi connectivity index (χ0) is 14.7. The Morgan fingerprint density at radius 1 is 1.29 bits per heavy atom. The normalized spacial score (nSPS) is 10.7. The van der Waals surface area contributed by atoms with E-state index in [4.69, 9.17) is 0 Å². The van der Waals surface area contributed by atoms with Gasteiger partial charge in [-0.2, -0.15) is 5.10 Å². The van der Waals surface area contributed by atoms with Crippen LogP contribution in [-0.2, 0) is 6.42 Å². The Labute approximate surface area is 121 Å². The predicted molar refractivity (Wildman–Crippen MR) is 80.1 cm³/mol. The van der Waals surface area contributed by atoms with Crippen LogP contribution >= 0.6 is 0 Å². The monoisotopic (exact) mass is 281 g/mol. The molecular formula is C15H15N5O. The Balaban J connectivity index is 1.79. The third kappa shape index (κ3) is 2.89. The van der Waals surface area contributed by atoms with Gasteiger partial charge in [0.15, 0.2) is 5.82 Å². The van der Waals surface area contributed by atoms with E-state index in [-0.39, 0.29) is 11.6 Å². The van der Waals surface area contributed by atoms with E-state index in [1.165, 1.54) is 6.20 Å². The molecule has 3 rings (SSSR count). The molecule has 21 heavy (non-hydrogen) atoms. The fraction of sp³-hybridized carbons (Fsp3) is 0.200. The molecule has 0 aliphatic rings. The highest BCUT2D eigenvalue weighted by molar-refractivity contribution is 6.03. The lowest BCUT2D eigenvalue weighted by Crippen LogP contribution is -2.14. The van der Waals surface area contributed by atoms with Crippen molar-refractivity contribution in [1.82, 2.24) is 20.2 Å². The van der Waals surface area contributed by atoms with Gasteiger partial charge in [-0.05, 0) is 18.6 Å². The van der Waals surface area contributed by atoms with Gasteiger partial charge in [-0.3, -0.25) is 14.9 Å². The van der Waals surface area contributed by atoms with Crippen molar-refractivity contribution in [2.45, 2.75) is 19.8 Å². The van der Waals surface area contributed by atoms with Gasteiger partial charge in [0, 0.05) is 11.8 Å². The average molecular weight is 281 g/mol. The lowest BCUT2D eigenvalue weighted by molar-refractivity contribution is 0.102. The molecule has 106 valence electrons. The number of benzene rings is 1. The summed E-state index contributed by atoms with van der Waals surface area (Å²) in [5.74, 6) is 0.182. The molecule has 0 fully saturated rings. The summed E-state index contributed by atoms with van der Waals surface area (Å²) in [6.45, 7) is 2.09. The number of nitrogens with one attached hydrogen (secondary N) is 2. The number of aryl methyl sites for hydroxylation is 1.